The number of aromatic nitrogens is 3. The zero-order valence-electron chi connectivity index (χ0n) is 16.7. The molecule has 1 aliphatic rings. The highest BCUT2D eigenvalue weighted by Crippen LogP contribution is 2.33. The molecular weight excluding hydrogens is 409 g/mol. The highest BCUT2D eigenvalue weighted by Gasteiger charge is 2.36. The summed E-state index contributed by atoms with van der Waals surface area (Å²) in [6, 6.07) is 11.7. The summed E-state index contributed by atoms with van der Waals surface area (Å²) in [6.45, 7) is 2.60. The van der Waals surface area contributed by atoms with E-state index in [9.17, 15) is 18.0 Å². The molecular formula is C22H19F3N4O2. The molecule has 0 spiro atoms. The molecule has 31 heavy (non-hydrogen) atoms. The van der Waals surface area contributed by atoms with Crippen LogP contribution in [0.3, 0.4) is 0 Å². The van der Waals surface area contributed by atoms with Gasteiger partial charge in [0.15, 0.2) is 11.4 Å². The average Bonchev–Trinajstić information content (AvgIpc) is 3.48. The van der Waals surface area contributed by atoms with Gasteiger partial charge in [0.2, 0.25) is 0 Å². The minimum absolute atomic E-state index is 0.166. The summed E-state index contributed by atoms with van der Waals surface area (Å²) in [4.78, 5) is 18.8. The molecule has 1 aromatic carbocycles. The molecule has 3 aromatic heterocycles. The highest BCUT2D eigenvalue weighted by molar-refractivity contribution is 5.96. The lowest BCUT2D eigenvalue weighted by molar-refractivity contribution is -0.142. The number of amides is 1. The van der Waals surface area contributed by atoms with Crippen molar-refractivity contribution in [2.45, 2.75) is 31.9 Å². The van der Waals surface area contributed by atoms with Gasteiger partial charge in [0.25, 0.3) is 5.91 Å². The first kappa shape index (κ1) is 19.6. The van der Waals surface area contributed by atoms with Crippen LogP contribution in [0.5, 0.6) is 0 Å². The molecule has 0 aliphatic carbocycles. The summed E-state index contributed by atoms with van der Waals surface area (Å²) in [5.74, 6) is -0.142. The van der Waals surface area contributed by atoms with Gasteiger partial charge in [0.1, 0.15) is 11.3 Å². The molecule has 1 atom stereocenters. The molecule has 0 saturated carbocycles. The number of furan rings is 1. The first-order valence-corrected chi connectivity index (χ1v) is 10.1. The molecule has 0 N–H and O–H groups in total. The SMILES string of the molecule is CCc1cc(C(F)(F)F)n2nc([C@H]3CCN(C(=O)c4cc5ccccc5o4)C3)cc2n1. The van der Waals surface area contributed by atoms with Crippen molar-refractivity contribution < 1.29 is 22.4 Å². The maximum atomic E-state index is 13.5. The van der Waals surface area contributed by atoms with Crippen molar-refractivity contribution in [3.63, 3.8) is 0 Å². The lowest BCUT2D eigenvalue weighted by Crippen LogP contribution is -2.28. The van der Waals surface area contributed by atoms with Crippen LogP contribution in [0, 0.1) is 0 Å². The summed E-state index contributed by atoms with van der Waals surface area (Å²) in [6.07, 6.45) is -3.53. The van der Waals surface area contributed by atoms with Crippen LogP contribution in [0.15, 0.2) is 46.9 Å². The number of halogens is 3. The van der Waals surface area contributed by atoms with E-state index in [1.54, 1.807) is 30.0 Å². The maximum absolute atomic E-state index is 13.5. The average molecular weight is 428 g/mol. The molecule has 160 valence electrons. The van der Waals surface area contributed by atoms with Crippen molar-refractivity contribution in [1.82, 2.24) is 19.5 Å². The third-order valence-electron chi connectivity index (χ3n) is 5.68. The number of carbonyl (C=O) groups is 1. The Hall–Kier alpha value is -3.36. The van der Waals surface area contributed by atoms with Crippen molar-refractivity contribution in [3.8, 4) is 0 Å². The van der Waals surface area contributed by atoms with E-state index in [0.717, 1.165) is 16.0 Å². The van der Waals surface area contributed by atoms with E-state index >= 15 is 0 Å². The molecule has 1 aliphatic heterocycles. The first-order chi connectivity index (χ1) is 14.8. The van der Waals surface area contributed by atoms with Gasteiger partial charge in [-0.15, -0.1) is 0 Å². The molecule has 1 fully saturated rings. The first-order valence-electron chi connectivity index (χ1n) is 10.1. The van der Waals surface area contributed by atoms with Gasteiger partial charge >= 0.3 is 6.18 Å². The standard InChI is InChI=1S/C22H19F3N4O2/c1-2-15-10-19(22(23,24)25)29-20(26-15)11-16(27-29)14-7-8-28(12-14)21(30)18-9-13-5-3-4-6-17(13)31-18/h3-6,9-11,14H,2,7-8,12H2,1H3/t14-/m0/s1. The number of rotatable bonds is 3. The summed E-state index contributed by atoms with van der Waals surface area (Å²) < 4.78 is 47.1. The van der Waals surface area contributed by atoms with Crippen molar-refractivity contribution in [3.05, 3.63) is 65.3 Å². The number of fused-ring (bicyclic) bond motifs is 2. The van der Waals surface area contributed by atoms with Gasteiger partial charge in [0.05, 0.1) is 5.69 Å². The van der Waals surface area contributed by atoms with Crippen LogP contribution in [-0.2, 0) is 12.6 Å². The molecule has 1 amide bonds. The van der Waals surface area contributed by atoms with E-state index in [2.05, 4.69) is 10.1 Å². The zero-order valence-corrected chi connectivity index (χ0v) is 16.7. The summed E-state index contributed by atoms with van der Waals surface area (Å²) >= 11 is 0. The number of aryl methyl sites for hydroxylation is 1. The fraction of sp³-hybridized carbons (Fsp3) is 0.318. The van der Waals surface area contributed by atoms with E-state index in [0.29, 0.717) is 42.9 Å². The third-order valence-corrected chi connectivity index (χ3v) is 5.68. The predicted molar refractivity (Wildman–Crippen MR) is 107 cm³/mol. The number of hydrogen-bond acceptors (Lipinski definition) is 4. The van der Waals surface area contributed by atoms with Crippen molar-refractivity contribution in [2.75, 3.05) is 13.1 Å². The lowest BCUT2D eigenvalue weighted by atomic mass is 10.1. The minimum Gasteiger partial charge on any atom is -0.451 e. The quantitative estimate of drug-likeness (QED) is 0.475. The molecule has 0 bridgehead atoms. The Morgan fingerprint density at radius 1 is 1.23 bits per heavy atom. The van der Waals surface area contributed by atoms with E-state index in [-0.39, 0.29) is 23.2 Å². The van der Waals surface area contributed by atoms with Gasteiger partial charge in [-0.05, 0) is 31.0 Å². The highest BCUT2D eigenvalue weighted by atomic mass is 19.4. The van der Waals surface area contributed by atoms with E-state index in [1.807, 2.05) is 18.2 Å². The molecule has 9 heteroatoms. The fourth-order valence-corrected chi connectivity index (χ4v) is 4.06. The molecule has 0 radical (unpaired) electrons. The zero-order chi connectivity index (χ0) is 21.8. The van der Waals surface area contributed by atoms with Crippen LogP contribution in [0.1, 0.15) is 46.9 Å². The number of benzene rings is 1. The Balaban J connectivity index is 1.42. The monoisotopic (exact) mass is 428 g/mol. The van der Waals surface area contributed by atoms with Gasteiger partial charge in [-0.1, -0.05) is 25.1 Å². The van der Waals surface area contributed by atoms with Crippen LogP contribution in [-0.4, -0.2) is 38.5 Å². The number of hydrogen-bond donors (Lipinski definition) is 0. The largest absolute Gasteiger partial charge is 0.451 e. The maximum Gasteiger partial charge on any atom is 0.433 e. The van der Waals surface area contributed by atoms with Crippen LogP contribution in [0.2, 0.25) is 0 Å². The second-order valence-corrected chi connectivity index (χ2v) is 7.71. The molecule has 4 aromatic rings. The van der Waals surface area contributed by atoms with Gasteiger partial charge < -0.3 is 9.32 Å². The number of para-hydroxylation sites is 1. The van der Waals surface area contributed by atoms with Crippen LogP contribution >= 0.6 is 0 Å². The lowest BCUT2D eigenvalue weighted by Gasteiger charge is -2.14. The molecule has 4 heterocycles. The van der Waals surface area contributed by atoms with E-state index in [1.165, 1.54) is 0 Å². The summed E-state index contributed by atoms with van der Waals surface area (Å²) in [5, 5.41) is 5.06. The number of nitrogens with zero attached hydrogens (tertiary/aromatic N) is 4. The van der Waals surface area contributed by atoms with Gasteiger partial charge in [0, 0.05) is 36.2 Å². The second-order valence-electron chi connectivity index (χ2n) is 7.71. The third kappa shape index (κ3) is 3.43. The van der Waals surface area contributed by atoms with Gasteiger partial charge in [-0.3, -0.25) is 4.79 Å². The topological polar surface area (TPSA) is 63.6 Å². The second kappa shape index (κ2) is 7.11. The Kier molecular flexibility index (Phi) is 4.49. The Bertz CT molecular complexity index is 1260. The van der Waals surface area contributed by atoms with Crippen molar-refractivity contribution in [1.29, 1.82) is 0 Å². The van der Waals surface area contributed by atoms with Crippen LogP contribution in [0.4, 0.5) is 13.2 Å². The predicted octanol–water partition coefficient (Wildman–Crippen LogP) is 4.69. The summed E-state index contributed by atoms with van der Waals surface area (Å²) in [5.41, 5.74) is 0.836. The minimum atomic E-state index is -4.53. The molecule has 5 rings (SSSR count). The normalized spacial score (nSPS) is 17.2. The molecule has 0 unspecified atom stereocenters. The van der Waals surface area contributed by atoms with Crippen LogP contribution < -0.4 is 0 Å². The van der Waals surface area contributed by atoms with E-state index in [4.69, 9.17) is 4.42 Å². The smallest absolute Gasteiger partial charge is 0.433 e. The Labute approximate surface area is 175 Å². The fourth-order valence-electron chi connectivity index (χ4n) is 4.06. The van der Waals surface area contributed by atoms with Crippen LogP contribution in [0.25, 0.3) is 16.6 Å². The molecule has 1 saturated heterocycles. The van der Waals surface area contributed by atoms with Crippen molar-refractivity contribution >= 4 is 22.5 Å². The number of alkyl halides is 3. The Morgan fingerprint density at radius 2 is 2.03 bits per heavy atom. The Morgan fingerprint density at radius 3 is 2.77 bits per heavy atom. The number of carbonyl (C=O) groups excluding carboxylic acids is 1. The van der Waals surface area contributed by atoms with Crippen molar-refractivity contribution in [2.24, 2.45) is 0 Å². The van der Waals surface area contributed by atoms with E-state index < -0.39 is 11.9 Å². The van der Waals surface area contributed by atoms with Gasteiger partial charge in [-0.25, -0.2) is 9.50 Å². The van der Waals surface area contributed by atoms with Gasteiger partial charge in [-0.2, -0.15) is 18.3 Å². The number of likely N-dealkylation sites (tertiary alicyclic amines) is 1. The molecule has 6 nitrogen and oxygen atoms in total. The summed E-state index contributed by atoms with van der Waals surface area (Å²) in [7, 11) is 0.